The lowest BCUT2D eigenvalue weighted by molar-refractivity contribution is -0.167. The maximum absolute atomic E-state index is 12.8. The molecule has 0 aliphatic rings. The zero-order chi connectivity index (χ0) is 41.7. The van der Waals surface area contributed by atoms with Gasteiger partial charge in [0.2, 0.25) is 0 Å². The van der Waals surface area contributed by atoms with Crippen LogP contribution < -0.4 is 0 Å². The van der Waals surface area contributed by atoms with E-state index in [1.54, 1.807) is 0 Å². The monoisotopic (exact) mass is 807 g/mol. The fourth-order valence-corrected chi connectivity index (χ4v) is 7.66. The largest absolute Gasteiger partial charge is 0.462 e. The van der Waals surface area contributed by atoms with Gasteiger partial charge in [0.25, 0.3) is 0 Å². The zero-order valence-corrected chi connectivity index (χ0v) is 38.8. The Kier molecular flexibility index (Phi) is 44.2. The predicted molar refractivity (Wildman–Crippen MR) is 243 cm³/mol. The van der Waals surface area contributed by atoms with Gasteiger partial charge in [-0.25, -0.2) is 0 Å². The molecule has 0 saturated carbocycles. The summed E-state index contributed by atoms with van der Waals surface area (Å²) in [7, 11) is 0. The van der Waals surface area contributed by atoms with Crippen molar-refractivity contribution in [2.75, 3.05) is 13.2 Å². The third kappa shape index (κ3) is 43.8. The fourth-order valence-electron chi connectivity index (χ4n) is 7.66. The summed E-state index contributed by atoms with van der Waals surface area (Å²) in [6, 6.07) is 0. The standard InChI is InChI=1S/C51H98O6/c1-5-8-10-12-14-16-18-19-20-21-22-23-24-26-32-36-40-44-51(54)57-48(45-55-49(52)42-38-34-30-25-17-15-13-11-9-6-2)46-56-50(53)43-39-35-31-28-27-29-33-37-41-47(4)7-3/h47-48H,5-46H2,1-4H3/t47?,48-/m0/s1. The van der Waals surface area contributed by atoms with Crippen molar-refractivity contribution < 1.29 is 28.6 Å². The molecular weight excluding hydrogens is 709 g/mol. The number of unbranched alkanes of at least 4 members (excludes halogenated alkanes) is 32. The third-order valence-corrected chi connectivity index (χ3v) is 11.9. The molecule has 57 heavy (non-hydrogen) atoms. The summed E-state index contributed by atoms with van der Waals surface area (Å²) >= 11 is 0. The van der Waals surface area contributed by atoms with Crippen LogP contribution in [-0.4, -0.2) is 37.2 Å². The van der Waals surface area contributed by atoms with Crippen molar-refractivity contribution in [3.05, 3.63) is 0 Å². The Morgan fingerprint density at radius 3 is 0.912 bits per heavy atom. The number of ether oxygens (including phenoxy) is 3. The van der Waals surface area contributed by atoms with Crippen LogP contribution >= 0.6 is 0 Å². The van der Waals surface area contributed by atoms with Crippen molar-refractivity contribution in [3.63, 3.8) is 0 Å². The highest BCUT2D eigenvalue weighted by atomic mass is 16.6. The van der Waals surface area contributed by atoms with Crippen LogP contribution in [0.25, 0.3) is 0 Å². The van der Waals surface area contributed by atoms with E-state index >= 15 is 0 Å². The Hall–Kier alpha value is -1.59. The molecule has 0 rings (SSSR count). The minimum absolute atomic E-state index is 0.0635. The molecule has 0 amide bonds. The van der Waals surface area contributed by atoms with Crippen LogP contribution in [0.5, 0.6) is 0 Å². The van der Waals surface area contributed by atoms with Crippen LogP contribution in [0.15, 0.2) is 0 Å². The molecule has 0 spiro atoms. The van der Waals surface area contributed by atoms with E-state index < -0.39 is 6.10 Å². The van der Waals surface area contributed by atoms with Crippen molar-refractivity contribution in [3.8, 4) is 0 Å². The van der Waals surface area contributed by atoms with Gasteiger partial charge in [-0.2, -0.15) is 0 Å². The average Bonchev–Trinajstić information content (AvgIpc) is 3.21. The lowest BCUT2D eigenvalue weighted by Crippen LogP contribution is -2.30. The first-order chi connectivity index (χ1) is 27.9. The molecule has 0 fully saturated rings. The van der Waals surface area contributed by atoms with Gasteiger partial charge >= 0.3 is 17.9 Å². The van der Waals surface area contributed by atoms with E-state index in [1.165, 1.54) is 180 Å². The fraction of sp³-hybridized carbons (Fsp3) is 0.941. The van der Waals surface area contributed by atoms with Crippen molar-refractivity contribution in [2.24, 2.45) is 5.92 Å². The van der Waals surface area contributed by atoms with Crippen molar-refractivity contribution in [1.29, 1.82) is 0 Å². The van der Waals surface area contributed by atoms with Crippen LogP contribution in [0.2, 0.25) is 0 Å². The summed E-state index contributed by atoms with van der Waals surface area (Å²) in [6.07, 6.45) is 46.5. The van der Waals surface area contributed by atoms with E-state index in [4.69, 9.17) is 14.2 Å². The molecule has 0 aromatic rings. The first kappa shape index (κ1) is 55.4. The maximum atomic E-state index is 12.8. The number of esters is 3. The van der Waals surface area contributed by atoms with Gasteiger partial charge in [0.15, 0.2) is 6.10 Å². The highest BCUT2D eigenvalue weighted by Crippen LogP contribution is 2.17. The van der Waals surface area contributed by atoms with Crippen LogP contribution in [0.1, 0.15) is 285 Å². The van der Waals surface area contributed by atoms with Crippen molar-refractivity contribution >= 4 is 17.9 Å². The minimum Gasteiger partial charge on any atom is -0.462 e. The molecule has 0 saturated heterocycles. The normalized spacial score (nSPS) is 12.4. The lowest BCUT2D eigenvalue weighted by atomic mass is 9.99. The minimum atomic E-state index is -0.760. The van der Waals surface area contributed by atoms with E-state index in [-0.39, 0.29) is 31.1 Å². The maximum Gasteiger partial charge on any atom is 0.306 e. The molecule has 0 aromatic carbocycles. The topological polar surface area (TPSA) is 78.9 Å². The van der Waals surface area contributed by atoms with Crippen LogP contribution in [-0.2, 0) is 28.6 Å². The van der Waals surface area contributed by atoms with Gasteiger partial charge in [0, 0.05) is 19.3 Å². The van der Waals surface area contributed by atoms with Gasteiger partial charge in [-0.3, -0.25) is 14.4 Å². The Bertz CT molecular complexity index is 859. The highest BCUT2D eigenvalue weighted by molar-refractivity contribution is 5.71. The zero-order valence-electron chi connectivity index (χ0n) is 38.8. The molecule has 0 aromatic heterocycles. The number of carbonyl (C=O) groups is 3. The molecule has 0 aliphatic carbocycles. The SMILES string of the molecule is CCCCCCCCCCCCCCCCCCCC(=O)O[C@@H](COC(=O)CCCCCCCCCCCC)COC(=O)CCCCCCCCCCC(C)CC. The van der Waals surface area contributed by atoms with Gasteiger partial charge in [-0.05, 0) is 25.2 Å². The molecule has 0 radical (unpaired) electrons. The molecule has 6 nitrogen and oxygen atoms in total. The summed E-state index contributed by atoms with van der Waals surface area (Å²) in [6.45, 7) is 9.02. The Morgan fingerprint density at radius 1 is 0.351 bits per heavy atom. The van der Waals surface area contributed by atoms with Crippen molar-refractivity contribution in [2.45, 2.75) is 291 Å². The summed E-state index contributed by atoms with van der Waals surface area (Å²) in [5.41, 5.74) is 0. The first-order valence-corrected chi connectivity index (χ1v) is 25.4. The predicted octanol–water partition coefficient (Wildman–Crippen LogP) is 16.3. The van der Waals surface area contributed by atoms with E-state index in [1.807, 2.05) is 0 Å². The molecular formula is C51H98O6. The Balaban J connectivity index is 4.29. The van der Waals surface area contributed by atoms with Crippen LogP contribution in [0, 0.1) is 5.92 Å². The Morgan fingerprint density at radius 2 is 0.614 bits per heavy atom. The second-order valence-electron chi connectivity index (χ2n) is 17.7. The first-order valence-electron chi connectivity index (χ1n) is 25.4. The quantitative estimate of drug-likeness (QED) is 0.0346. The number of carbonyl (C=O) groups excluding carboxylic acids is 3. The molecule has 2 atom stereocenters. The average molecular weight is 807 g/mol. The van der Waals surface area contributed by atoms with Gasteiger partial charge in [-0.1, -0.05) is 246 Å². The molecule has 0 heterocycles. The molecule has 1 unspecified atom stereocenters. The van der Waals surface area contributed by atoms with Gasteiger partial charge in [0.1, 0.15) is 13.2 Å². The summed E-state index contributed by atoms with van der Waals surface area (Å²) in [5, 5.41) is 0. The van der Waals surface area contributed by atoms with E-state index in [9.17, 15) is 14.4 Å². The lowest BCUT2D eigenvalue weighted by Gasteiger charge is -2.18. The van der Waals surface area contributed by atoms with E-state index in [0.717, 1.165) is 63.7 Å². The molecule has 0 N–H and O–H groups in total. The molecule has 6 heteroatoms. The highest BCUT2D eigenvalue weighted by Gasteiger charge is 2.19. The van der Waals surface area contributed by atoms with Crippen LogP contribution in [0.4, 0.5) is 0 Å². The van der Waals surface area contributed by atoms with E-state index in [2.05, 4.69) is 27.7 Å². The van der Waals surface area contributed by atoms with Crippen molar-refractivity contribution in [1.82, 2.24) is 0 Å². The number of hydrogen-bond acceptors (Lipinski definition) is 6. The number of rotatable bonds is 46. The summed E-state index contributed by atoms with van der Waals surface area (Å²) in [5.74, 6) is -0.000978. The molecule has 0 aliphatic heterocycles. The number of hydrogen-bond donors (Lipinski definition) is 0. The third-order valence-electron chi connectivity index (χ3n) is 11.9. The van der Waals surface area contributed by atoms with Gasteiger partial charge in [0.05, 0.1) is 0 Å². The van der Waals surface area contributed by atoms with Gasteiger partial charge in [-0.15, -0.1) is 0 Å². The summed E-state index contributed by atoms with van der Waals surface area (Å²) < 4.78 is 16.8. The second-order valence-corrected chi connectivity index (χ2v) is 17.7. The molecule has 338 valence electrons. The molecule has 0 bridgehead atoms. The Labute approximate surface area is 355 Å². The van der Waals surface area contributed by atoms with E-state index in [0.29, 0.717) is 19.3 Å². The second kappa shape index (κ2) is 45.5. The van der Waals surface area contributed by atoms with Gasteiger partial charge < -0.3 is 14.2 Å². The summed E-state index contributed by atoms with van der Waals surface area (Å²) in [4.78, 5) is 37.8. The van der Waals surface area contributed by atoms with Crippen LogP contribution in [0.3, 0.4) is 0 Å². The smallest absolute Gasteiger partial charge is 0.306 e.